The summed E-state index contributed by atoms with van der Waals surface area (Å²) in [5.74, 6) is 1.80. The molecule has 0 bridgehead atoms. The first-order chi connectivity index (χ1) is 8.74. The van der Waals surface area contributed by atoms with Crippen LogP contribution in [0.15, 0.2) is 27.2 Å². The minimum atomic E-state index is 0.458. The lowest BCUT2D eigenvalue weighted by Gasteiger charge is -2.01. The van der Waals surface area contributed by atoms with Crippen molar-refractivity contribution in [1.29, 1.82) is 0 Å². The lowest BCUT2D eigenvalue weighted by atomic mass is 10.1. The highest BCUT2D eigenvalue weighted by atomic mass is 79.9. The van der Waals surface area contributed by atoms with Crippen LogP contribution >= 0.6 is 15.9 Å². The van der Waals surface area contributed by atoms with E-state index in [1.807, 2.05) is 18.2 Å². The maximum Gasteiger partial charge on any atom is 0.260 e. The molecule has 0 radical (unpaired) electrons. The van der Waals surface area contributed by atoms with E-state index in [2.05, 4.69) is 26.1 Å². The summed E-state index contributed by atoms with van der Waals surface area (Å²) < 4.78 is 6.27. The molecule has 2 N–H and O–H groups in total. The van der Waals surface area contributed by atoms with Gasteiger partial charge in [0.15, 0.2) is 5.82 Å². The molecule has 1 aliphatic carbocycles. The first kappa shape index (κ1) is 11.7. The van der Waals surface area contributed by atoms with E-state index >= 15 is 0 Å². The van der Waals surface area contributed by atoms with E-state index in [9.17, 15) is 0 Å². The zero-order valence-corrected chi connectivity index (χ0v) is 11.5. The molecular formula is C13H14BrN3O. The van der Waals surface area contributed by atoms with Crippen LogP contribution in [-0.2, 0) is 0 Å². The smallest absolute Gasteiger partial charge is 0.260 e. The lowest BCUT2D eigenvalue weighted by Crippen LogP contribution is -1.95. The summed E-state index contributed by atoms with van der Waals surface area (Å²) in [6.07, 6.45) is 4.84. The van der Waals surface area contributed by atoms with Crippen LogP contribution in [0.3, 0.4) is 0 Å². The van der Waals surface area contributed by atoms with Crippen LogP contribution in [-0.4, -0.2) is 10.1 Å². The molecule has 5 heteroatoms. The summed E-state index contributed by atoms with van der Waals surface area (Å²) in [7, 11) is 0. The number of nitrogens with zero attached hydrogens (tertiary/aromatic N) is 2. The average molecular weight is 308 g/mol. The molecule has 1 fully saturated rings. The molecular weight excluding hydrogens is 294 g/mol. The van der Waals surface area contributed by atoms with Gasteiger partial charge in [-0.1, -0.05) is 33.9 Å². The summed E-state index contributed by atoms with van der Waals surface area (Å²) in [4.78, 5) is 4.48. The molecule has 1 aromatic carbocycles. The van der Waals surface area contributed by atoms with Gasteiger partial charge in [-0.05, 0) is 31.0 Å². The molecule has 4 nitrogen and oxygen atoms in total. The molecule has 2 aromatic rings. The molecule has 1 saturated carbocycles. The van der Waals surface area contributed by atoms with Crippen molar-refractivity contribution in [1.82, 2.24) is 10.1 Å². The zero-order valence-electron chi connectivity index (χ0n) is 9.90. The maximum atomic E-state index is 5.96. The first-order valence-corrected chi connectivity index (χ1v) is 6.92. The van der Waals surface area contributed by atoms with E-state index < -0.39 is 0 Å². The van der Waals surface area contributed by atoms with E-state index in [4.69, 9.17) is 10.3 Å². The van der Waals surface area contributed by atoms with Crippen LogP contribution in [0.2, 0.25) is 0 Å². The number of aromatic nitrogens is 2. The summed E-state index contributed by atoms with van der Waals surface area (Å²) in [5, 5.41) is 4.08. The second-order valence-electron chi connectivity index (χ2n) is 4.67. The summed E-state index contributed by atoms with van der Waals surface area (Å²) in [6.45, 7) is 0. The number of anilines is 1. The van der Waals surface area contributed by atoms with Gasteiger partial charge in [0.2, 0.25) is 0 Å². The van der Waals surface area contributed by atoms with Crippen molar-refractivity contribution in [3.63, 3.8) is 0 Å². The standard InChI is InChI=1S/C13H14BrN3O/c14-9-5-6-10(11(15)7-9)13-16-12(17-18-13)8-3-1-2-4-8/h5-8H,1-4,15H2. The second kappa shape index (κ2) is 4.72. The molecule has 0 unspecified atom stereocenters. The number of benzene rings is 1. The average Bonchev–Trinajstić information content (AvgIpc) is 2.99. The van der Waals surface area contributed by atoms with Crippen molar-refractivity contribution >= 4 is 21.6 Å². The van der Waals surface area contributed by atoms with Crippen molar-refractivity contribution in [2.24, 2.45) is 0 Å². The minimum Gasteiger partial charge on any atom is -0.398 e. The number of hydrogen-bond donors (Lipinski definition) is 1. The molecule has 0 aliphatic heterocycles. The normalized spacial score (nSPS) is 16.3. The molecule has 0 amide bonds. The van der Waals surface area contributed by atoms with Gasteiger partial charge in [-0.15, -0.1) is 0 Å². The number of nitrogens with two attached hydrogens (primary N) is 1. The highest BCUT2D eigenvalue weighted by Crippen LogP contribution is 2.34. The van der Waals surface area contributed by atoms with Crippen LogP contribution in [0.4, 0.5) is 5.69 Å². The van der Waals surface area contributed by atoms with E-state index in [-0.39, 0.29) is 0 Å². The van der Waals surface area contributed by atoms with Crippen LogP contribution in [0.25, 0.3) is 11.5 Å². The van der Waals surface area contributed by atoms with Gasteiger partial charge in [0.05, 0.1) is 5.56 Å². The van der Waals surface area contributed by atoms with Gasteiger partial charge >= 0.3 is 0 Å². The Morgan fingerprint density at radius 1 is 1.28 bits per heavy atom. The Morgan fingerprint density at radius 2 is 2.06 bits per heavy atom. The first-order valence-electron chi connectivity index (χ1n) is 6.13. The third kappa shape index (κ3) is 2.14. The summed E-state index contributed by atoms with van der Waals surface area (Å²) in [5.41, 5.74) is 7.40. The van der Waals surface area contributed by atoms with Crippen LogP contribution in [0.1, 0.15) is 37.4 Å². The third-order valence-electron chi connectivity index (χ3n) is 3.41. The number of hydrogen-bond acceptors (Lipinski definition) is 4. The minimum absolute atomic E-state index is 0.458. The fourth-order valence-corrected chi connectivity index (χ4v) is 2.80. The Labute approximate surface area is 114 Å². The molecule has 94 valence electrons. The molecule has 0 spiro atoms. The third-order valence-corrected chi connectivity index (χ3v) is 3.90. The molecule has 1 aliphatic rings. The summed E-state index contributed by atoms with van der Waals surface area (Å²) in [6, 6.07) is 5.66. The largest absolute Gasteiger partial charge is 0.398 e. The van der Waals surface area contributed by atoms with E-state index in [1.54, 1.807) is 0 Å². The Balaban J connectivity index is 1.92. The molecule has 0 atom stereocenters. The van der Waals surface area contributed by atoms with Gasteiger partial charge < -0.3 is 10.3 Å². The van der Waals surface area contributed by atoms with Crippen molar-refractivity contribution in [3.05, 3.63) is 28.5 Å². The molecule has 18 heavy (non-hydrogen) atoms. The zero-order chi connectivity index (χ0) is 12.5. The SMILES string of the molecule is Nc1cc(Br)ccc1-c1nc(C2CCCC2)no1. The Hall–Kier alpha value is -1.36. The molecule has 0 saturated heterocycles. The van der Waals surface area contributed by atoms with Gasteiger partial charge in [-0.25, -0.2) is 0 Å². The van der Waals surface area contributed by atoms with Crippen LogP contribution in [0.5, 0.6) is 0 Å². The Kier molecular flexibility index (Phi) is 3.07. The van der Waals surface area contributed by atoms with Crippen LogP contribution < -0.4 is 5.73 Å². The van der Waals surface area contributed by atoms with E-state index in [0.717, 1.165) is 28.7 Å². The fraction of sp³-hybridized carbons (Fsp3) is 0.385. The quantitative estimate of drug-likeness (QED) is 0.858. The second-order valence-corrected chi connectivity index (χ2v) is 5.59. The monoisotopic (exact) mass is 307 g/mol. The van der Waals surface area contributed by atoms with Crippen molar-refractivity contribution < 1.29 is 4.52 Å². The lowest BCUT2D eigenvalue weighted by molar-refractivity contribution is 0.416. The number of nitrogen functional groups attached to an aromatic ring is 1. The van der Waals surface area contributed by atoms with Gasteiger partial charge in [-0.3, -0.25) is 0 Å². The Morgan fingerprint density at radius 3 is 2.78 bits per heavy atom. The number of halogens is 1. The predicted octanol–water partition coefficient (Wildman–Crippen LogP) is 3.74. The van der Waals surface area contributed by atoms with E-state index in [1.165, 1.54) is 12.8 Å². The van der Waals surface area contributed by atoms with Gasteiger partial charge in [-0.2, -0.15) is 4.98 Å². The molecule has 1 aromatic heterocycles. The predicted molar refractivity (Wildman–Crippen MR) is 73.1 cm³/mol. The van der Waals surface area contributed by atoms with Crippen LogP contribution in [0, 0.1) is 0 Å². The van der Waals surface area contributed by atoms with Crippen molar-refractivity contribution in [2.45, 2.75) is 31.6 Å². The van der Waals surface area contributed by atoms with Gasteiger partial charge in [0, 0.05) is 16.1 Å². The highest BCUT2D eigenvalue weighted by molar-refractivity contribution is 9.10. The fourth-order valence-electron chi connectivity index (χ4n) is 2.42. The maximum absolute atomic E-state index is 5.96. The molecule has 1 heterocycles. The van der Waals surface area contributed by atoms with Crippen molar-refractivity contribution in [2.75, 3.05) is 5.73 Å². The van der Waals surface area contributed by atoms with Gasteiger partial charge in [0.25, 0.3) is 5.89 Å². The topological polar surface area (TPSA) is 64.9 Å². The van der Waals surface area contributed by atoms with E-state index in [0.29, 0.717) is 17.5 Å². The van der Waals surface area contributed by atoms with Crippen molar-refractivity contribution in [3.8, 4) is 11.5 Å². The molecule has 3 rings (SSSR count). The highest BCUT2D eigenvalue weighted by Gasteiger charge is 2.23. The number of rotatable bonds is 2. The Bertz CT molecular complexity index is 561. The van der Waals surface area contributed by atoms with Gasteiger partial charge in [0.1, 0.15) is 0 Å². The summed E-state index contributed by atoms with van der Waals surface area (Å²) >= 11 is 3.38.